The van der Waals surface area contributed by atoms with Crippen LogP contribution in [-0.2, 0) is 22.5 Å². The summed E-state index contributed by atoms with van der Waals surface area (Å²) < 4.78 is 10.6. The molecule has 0 fully saturated rings. The van der Waals surface area contributed by atoms with Gasteiger partial charge in [-0.3, -0.25) is 0 Å². The van der Waals surface area contributed by atoms with Gasteiger partial charge in [-0.25, -0.2) is 14.8 Å². The Kier molecular flexibility index (Phi) is 7.22. The Morgan fingerprint density at radius 1 is 0.889 bits per heavy atom. The van der Waals surface area contributed by atoms with Gasteiger partial charge in [0, 0.05) is 24.2 Å². The second-order valence-corrected chi connectivity index (χ2v) is 8.69. The minimum atomic E-state index is -0.370. The molecule has 182 valence electrons. The zero-order valence-electron chi connectivity index (χ0n) is 20.4. The SMILES string of the molecule is CCOC(=O)COc1cccc(CN2CCCc3nc(-c4ccccc4)c(-c4ccccc4)nc32)c1. The molecule has 0 saturated carbocycles. The number of hydrogen-bond acceptors (Lipinski definition) is 6. The van der Waals surface area contributed by atoms with Crippen molar-refractivity contribution in [2.45, 2.75) is 26.3 Å². The van der Waals surface area contributed by atoms with Crippen LogP contribution < -0.4 is 9.64 Å². The molecular formula is C30H29N3O3. The van der Waals surface area contributed by atoms with Crippen molar-refractivity contribution in [2.75, 3.05) is 24.7 Å². The van der Waals surface area contributed by atoms with Gasteiger partial charge in [0.15, 0.2) is 12.4 Å². The van der Waals surface area contributed by atoms with E-state index in [-0.39, 0.29) is 12.6 Å². The summed E-state index contributed by atoms with van der Waals surface area (Å²) in [6.45, 7) is 3.60. The van der Waals surface area contributed by atoms with Crippen LogP contribution in [0.4, 0.5) is 5.82 Å². The summed E-state index contributed by atoms with van der Waals surface area (Å²) in [6, 6.07) is 28.3. The Morgan fingerprint density at radius 2 is 1.58 bits per heavy atom. The first-order valence-corrected chi connectivity index (χ1v) is 12.4. The molecule has 1 aliphatic rings. The van der Waals surface area contributed by atoms with Crippen LogP contribution >= 0.6 is 0 Å². The smallest absolute Gasteiger partial charge is 0.344 e. The maximum atomic E-state index is 11.7. The fraction of sp³-hybridized carbons (Fsp3) is 0.233. The standard InChI is InChI=1S/C30H29N3O3/c1-2-35-27(34)21-36-25-16-9-11-22(19-25)20-33-18-10-17-26-30(33)32-29(24-14-7-4-8-15-24)28(31-26)23-12-5-3-6-13-23/h3-9,11-16,19H,2,10,17-18,20-21H2,1H3. The van der Waals surface area contributed by atoms with Crippen LogP contribution in [0.25, 0.3) is 22.5 Å². The average Bonchev–Trinajstić information content (AvgIpc) is 2.93. The second kappa shape index (κ2) is 11.0. The molecule has 0 saturated heterocycles. The summed E-state index contributed by atoms with van der Waals surface area (Å²) in [5.41, 5.74) is 6.02. The molecule has 1 aromatic heterocycles. The van der Waals surface area contributed by atoms with Crippen LogP contribution in [0.15, 0.2) is 84.9 Å². The third-order valence-corrected chi connectivity index (χ3v) is 6.12. The average molecular weight is 480 g/mol. The molecule has 0 spiro atoms. The number of aryl methyl sites for hydroxylation is 1. The first-order chi connectivity index (χ1) is 17.7. The van der Waals surface area contributed by atoms with Crippen LogP contribution in [0.2, 0.25) is 0 Å². The van der Waals surface area contributed by atoms with Crippen molar-refractivity contribution in [3.05, 3.63) is 96.2 Å². The van der Waals surface area contributed by atoms with Gasteiger partial charge in [0.1, 0.15) is 5.75 Å². The van der Waals surface area contributed by atoms with Crippen LogP contribution in [0, 0.1) is 0 Å². The molecular weight excluding hydrogens is 450 g/mol. The number of aromatic nitrogens is 2. The second-order valence-electron chi connectivity index (χ2n) is 8.69. The lowest BCUT2D eigenvalue weighted by Gasteiger charge is -2.30. The minimum Gasteiger partial charge on any atom is -0.482 e. The van der Waals surface area contributed by atoms with Gasteiger partial charge in [-0.2, -0.15) is 0 Å². The highest BCUT2D eigenvalue weighted by Gasteiger charge is 2.24. The lowest BCUT2D eigenvalue weighted by molar-refractivity contribution is -0.145. The van der Waals surface area contributed by atoms with Crippen molar-refractivity contribution in [3.8, 4) is 28.3 Å². The van der Waals surface area contributed by atoms with Crippen molar-refractivity contribution < 1.29 is 14.3 Å². The topological polar surface area (TPSA) is 64.6 Å². The molecule has 0 radical (unpaired) electrons. The van der Waals surface area contributed by atoms with E-state index in [0.29, 0.717) is 18.9 Å². The van der Waals surface area contributed by atoms with E-state index in [1.165, 1.54) is 0 Å². The third kappa shape index (κ3) is 5.38. The van der Waals surface area contributed by atoms with Gasteiger partial charge < -0.3 is 14.4 Å². The van der Waals surface area contributed by atoms with Gasteiger partial charge in [-0.15, -0.1) is 0 Å². The van der Waals surface area contributed by atoms with Crippen molar-refractivity contribution in [1.29, 1.82) is 0 Å². The molecule has 5 rings (SSSR count). The highest BCUT2D eigenvalue weighted by atomic mass is 16.6. The number of anilines is 1. The number of carbonyl (C=O) groups excluding carboxylic acids is 1. The van der Waals surface area contributed by atoms with Gasteiger partial charge in [-0.1, -0.05) is 72.8 Å². The minimum absolute atomic E-state index is 0.0992. The van der Waals surface area contributed by atoms with E-state index >= 15 is 0 Å². The Hall–Kier alpha value is -4.19. The van der Waals surface area contributed by atoms with Crippen LogP contribution in [-0.4, -0.2) is 35.7 Å². The Balaban J connectivity index is 1.46. The first kappa shape index (κ1) is 23.5. The van der Waals surface area contributed by atoms with Gasteiger partial charge >= 0.3 is 5.97 Å². The molecule has 3 aromatic carbocycles. The highest BCUT2D eigenvalue weighted by molar-refractivity contribution is 5.79. The van der Waals surface area contributed by atoms with E-state index in [0.717, 1.165) is 59.0 Å². The summed E-state index contributed by atoms with van der Waals surface area (Å²) in [6.07, 6.45) is 1.91. The Bertz CT molecular complexity index is 1330. The van der Waals surface area contributed by atoms with Crippen molar-refractivity contribution in [2.24, 2.45) is 0 Å². The number of ether oxygens (including phenoxy) is 2. The molecule has 4 aromatic rings. The summed E-state index contributed by atoms with van der Waals surface area (Å²) in [5, 5.41) is 0. The largest absolute Gasteiger partial charge is 0.482 e. The van der Waals surface area contributed by atoms with E-state index in [2.05, 4.69) is 35.2 Å². The predicted octanol–water partition coefficient (Wildman–Crippen LogP) is 5.71. The number of carbonyl (C=O) groups is 1. The van der Waals surface area contributed by atoms with Crippen LogP contribution in [0.3, 0.4) is 0 Å². The molecule has 0 amide bonds. The summed E-state index contributed by atoms with van der Waals surface area (Å²) >= 11 is 0. The van der Waals surface area contributed by atoms with Gasteiger partial charge in [0.05, 0.1) is 23.7 Å². The molecule has 6 heteroatoms. The van der Waals surface area contributed by atoms with Gasteiger partial charge in [-0.05, 0) is 37.5 Å². The van der Waals surface area contributed by atoms with E-state index in [1.54, 1.807) is 6.92 Å². The number of rotatable bonds is 8. The van der Waals surface area contributed by atoms with E-state index in [4.69, 9.17) is 19.4 Å². The molecule has 0 aliphatic carbocycles. The number of fused-ring (bicyclic) bond motifs is 1. The lowest BCUT2D eigenvalue weighted by Crippen LogP contribution is -2.30. The molecule has 1 aliphatic heterocycles. The zero-order valence-corrected chi connectivity index (χ0v) is 20.4. The van der Waals surface area contributed by atoms with Gasteiger partial charge in [0.2, 0.25) is 0 Å². The number of benzene rings is 3. The highest BCUT2D eigenvalue weighted by Crippen LogP contribution is 2.35. The van der Waals surface area contributed by atoms with Crippen molar-refractivity contribution in [3.63, 3.8) is 0 Å². The molecule has 36 heavy (non-hydrogen) atoms. The van der Waals surface area contributed by atoms with Crippen molar-refractivity contribution in [1.82, 2.24) is 9.97 Å². The van der Waals surface area contributed by atoms with Crippen LogP contribution in [0.5, 0.6) is 5.75 Å². The Labute approximate surface area is 211 Å². The van der Waals surface area contributed by atoms with E-state index < -0.39 is 0 Å². The molecule has 0 atom stereocenters. The summed E-state index contributed by atoms with van der Waals surface area (Å²) in [4.78, 5) is 24.3. The summed E-state index contributed by atoms with van der Waals surface area (Å²) in [5.74, 6) is 1.21. The van der Waals surface area contributed by atoms with Gasteiger partial charge in [0.25, 0.3) is 0 Å². The number of nitrogens with zero attached hydrogens (tertiary/aromatic N) is 3. The molecule has 2 heterocycles. The molecule has 6 nitrogen and oxygen atoms in total. The summed E-state index contributed by atoms with van der Waals surface area (Å²) in [7, 11) is 0. The monoisotopic (exact) mass is 479 g/mol. The van der Waals surface area contributed by atoms with E-state index in [9.17, 15) is 4.79 Å². The first-order valence-electron chi connectivity index (χ1n) is 12.4. The Morgan fingerprint density at radius 3 is 2.28 bits per heavy atom. The molecule has 0 N–H and O–H groups in total. The fourth-order valence-electron chi connectivity index (χ4n) is 4.47. The normalized spacial score (nSPS) is 12.6. The zero-order chi connectivity index (χ0) is 24.7. The maximum absolute atomic E-state index is 11.7. The van der Waals surface area contributed by atoms with Crippen molar-refractivity contribution >= 4 is 11.8 Å². The lowest BCUT2D eigenvalue weighted by atomic mass is 10.0. The van der Waals surface area contributed by atoms with E-state index in [1.807, 2.05) is 54.6 Å². The molecule has 0 bridgehead atoms. The number of esters is 1. The van der Waals surface area contributed by atoms with Crippen LogP contribution in [0.1, 0.15) is 24.6 Å². The predicted molar refractivity (Wildman–Crippen MR) is 141 cm³/mol. The quantitative estimate of drug-likeness (QED) is 0.302. The molecule has 0 unspecified atom stereocenters. The maximum Gasteiger partial charge on any atom is 0.344 e. The third-order valence-electron chi connectivity index (χ3n) is 6.12. The number of hydrogen-bond donors (Lipinski definition) is 0. The fourth-order valence-corrected chi connectivity index (χ4v) is 4.47.